The van der Waals surface area contributed by atoms with Gasteiger partial charge in [-0.3, -0.25) is 4.79 Å². The van der Waals surface area contributed by atoms with Crippen LogP contribution >= 0.6 is 0 Å². The third-order valence-corrected chi connectivity index (χ3v) is 4.39. The number of nitrogens with zero attached hydrogens (tertiary/aromatic N) is 1. The van der Waals surface area contributed by atoms with E-state index < -0.39 is 0 Å². The minimum absolute atomic E-state index is 0.0678. The molecular formula is C22H17NO2. The number of aryl methyl sites for hydroxylation is 1. The lowest BCUT2D eigenvalue weighted by Crippen LogP contribution is -2.06. The van der Waals surface area contributed by atoms with E-state index in [-0.39, 0.29) is 11.5 Å². The van der Waals surface area contributed by atoms with Gasteiger partial charge in [-0.05, 0) is 55.0 Å². The highest BCUT2D eigenvalue weighted by Crippen LogP contribution is 2.30. The summed E-state index contributed by atoms with van der Waals surface area (Å²) in [7, 11) is 0. The standard InChI is InChI=1S/C22H17NO2/c1-15-5-7-16(8-6-15)20-14-18-4-2-3-13-23(18)21(20)22(25)17-9-11-19(24)12-10-17/h2-14,24H,1H3. The predicted molar refractivity (Wildman–Crippen MR) is 99.1 cm³/mol. The molecule has 2 aromatic carbocycles. The highest BCUT2D eigenvalue weighted by Gasteiger charge is 2.20. The van der Waals surface area contributed by atoms with Crippen LogP contribution in [0.3, 0.4) is 0 Å². The fourth-order valence-corrected chi connectivity index (χ4v) is 3.06. The molecule has 2 heterocycles. The van der Waals surface area contributed by atoms with Crippen molar-refractivity contribution in [3.63, 3.8) is 0 Å². The van der Waals surface area contributed by atoms with E-state index in [0.717, 1.165) is 16.6 Å². The Morgan fingerprint density at radius 3 is 2.36 bits per heavy atom. The molecule has 122 valence electrons. The molecule has 0 atom stereocenters. The molecule has 0 fully saturated rings. The molecule has 0 aliphatic heterocycles. The second-order valence-corrected chi connectivity index (χ2v) is 6.14. The summed E-state index contributed by atoms with van der Waals surface area (Å²) in [5.74, 6) is 0.0806. The van der Waals surface area contributed by atoms with Crippen LogP contribution in [-0.4, -0.2) is 15.3 Å². The quantitative estimate of drug-likeness (QED) is 0.546. The predicted octanol–water partition coefficient (Wildman–Crippen LogP) is 4.85. The summed E-state index contributed by atoms with van der Waals surface area (Å²) < 4.78 is 1.92. The number of benzene rings is 2. The first-order chi connectivity index (χ1) is 12.1. The number of carbonyl (C=O) groups is 1. The maximum atomic E-state index is 13.2. The molecule has 2 aromatic heterocycles. The number of hydrogen-bond acceptors (Lipinski definition) is 2. The van der Waals surface area contributed by atoms with Crippen LogP contribution in [-0.2, 0) is 0 Å². The number of aromatic hydroxyl groups is 1. The Hall–Kier alpha value is -3.33. The van der Waals surface area contributed by atoms with E-state index in [4.69, 9.17) is 0 Å². The Balaban J connectivity index is 1.94. The molecule has 0 bridgehead atoms. The number of rotatable bonds is 3. The van der Waals surface area contributed by atoms with Crippen LogP contribution < -0.4 is 0 Å². The Kier molecular flexibility index (Phi) is 3.62. The van der Waals surface area contributed by atoms with Crippen molar-refractivity contribution >= 4 is 11.3 Å². The summed E-state index contributed by atoms with van der Waals surface area (Å²) in [5, 5.41) is 9.48. The van der Waals surface area contributed by atoms with Crippen LogP contribution in [0.2, 0.25) is 0 Å². The molecule has 0 radical (unpaired) electrons. The van der Waals surface area contributed by atoms with Crippen molar-refractivity contribution in [2.45, 2.75) is 6.92 Å². The number of pyridine rings is 1. The van der Waals surface area contributed by atoms with E-state index in [2.05, 4.69) is 0 Å². The fourth-order valence-electron chi connectivity index (χ4n) is 3.06. The van der Waals surface area contributed by atoms with Gasteiger partial charge in [-0.1, -0.05) is 35.9 Å². The van der Waals surface area contributed by atoms with Crippen LogP contribution in [0.15, 0.2) is 79.0 Å². The smallest absolute Gasteiger partial charge is 0.210 e. The highest BCUT2D eigenvalue weighted by atomic mass is 16.3. The average Bonchev–Trinajstić information content (AvgIpc) is 3.02. The minimum Gasteiger partial charge on any atom is -0.508 e. The molecule has 1 N–H and O–H groups in total. The Bertz CT molecular complexity index is 1060. The monoisotopic (exact) mass is 327 g/mol. The third-order valence-electron chi connectivity index (χ3n) is 4.39. The van der Waals surface area contributed by atoms with Gasteiger partial charge in [0, 0.05) is 22.8 Å². The number of hydrogen-bond donors (Lipinski definition) is 1. The number of fused-ring (bicyclic) bond motifs is 1. The van der Waals surface area contributed by atoms with Gasteiger partial charge in [0.1, 0.15) is 11.4 Å². The largest absolute Gasteiger partial charge is 0.508 e. The van der Waals surface area contributed by atoms with Gasteiger partial charge < -0.3 is 9.51 Å². The molecule has 0 unspecified atom stereocenters. The molecule has 0 aliphatic carbocycles. The van der Waals surface area contributed by atoms with E-state index in [1.54, 1.807) is 12.1 Å². The molecule has 0 spiro atoms. The fraction of sp³-hybridized carbons (Fsp3) is 0.0455. The second-order valence-electron chi connectivity index (χ2n) is 6.14. The Morgan fingerprint density at radius 1 is 0.920 bits per heavy atom. The van der Waals surface area contributed by atoms with E-state index in [0.29, 0.717) is 11.3 Å². The first kappa shape index (κ1) is 15.2. The molecule has 25 heavy (non-hydrogen) atoms. The average molecular weight is 327 g/mol. The molecule has 0 aliphatic rings. The van der Waals surface area contributed by atoms with Gasteiger partial charge in [0.05, 0.1) is 0 Å². The van der Waals surface area contributed by atoms with Crippen molar-refractivity contribution in [2.75, 3.05) is 0 Å². The summed E-state index contributed by atoms with van der Waals surface area (Å²) in [4.78, 5) is 13.2. The van der Waals surface area contributed by atoms with Gasteiger partial charge in [-0.2, -0.15) is 0 Å². The topological polar surface area (TPSA) is 41.7 Å². The molecule has 4 rings (SSSR count). The lowest BCUT2D eigenvalue weighted by atomic mass is 9.99. The Morgan fingerprint density at radius 2 is 1.64 bits per heavy atom. The lowest BCUT2D eigenvalue weighted by Gasteiger charge is -2.07. The van der Waals surface area contributed by atoms with Crippen LogP contribution in [0.5, 0.6) is 5.75 Å². The molecule has 0 saturated heterocycles. The maximum absolute atomic E-state index is 13.2. The van der Waals surface area contributed by atoms with Gasteiger partial charge in [0.15, 0.2) is 0 Å². The van der Waals surface area contributed by atoms with Crippen molar-refractivity contribution in [1.82, 2.24) is 4.40 Å². The number of aromatic nitrogens is 1. The van der Waals surface area contributed by atoms with Crippen molar-refractivity contribution in [1.29, 1.82) is 0 Å². The highest BCUT2D eigenvalue weighted by molar-refractivity contribution is 6.13. The Labute approximate surface area is 145 Å². The maximum Gasteiger partial charge on any atom is 0.210 e. The lowest BCUT2D eigenvalue weighted by molar-refractivity contribution is 0.103. The van der Waals surface area contributed by atoms with Crippen molar-refractivity contribution < 1.29 is 9.90 Å². The number of phenolic OH excluding ortho intramolecular Hbond substituents is 1. The summed E-state index contributed by atoms with van der Waals surface area (Å²) in [6.45, 7) is 2.04. The SMILES string of the molecule is Cc1ccc(-c2cc3ccccn3c2C(=O)c2ccc(O)cc2)cc1. The van der Waals surface area contributed by atoms with Gasteiger partial charge >= 0.3 is 0 Å². The van der Waals surface area contributed by atoms with Gasteiger partial charge in [0.25, 0.3) is 0 Å². The second kappa shape index (κ2) is 5.95. The van der Waals surface area contributed by atoms with Crippen LogP contribution in [0.4, 0.5) is 0 Å². The first-order valence-corrected chi connectivity index (χ1v) is 8.14. The van der Waals surface area contributed by atoms with Gasteiger partial charge in [0.2, 0.25) is 5.78 Å². The molecule has 3 nitrogen and oxygen atoms in total. The molecular weight excluding hydrogens is 310 g/mol. The van der Waals surface area contributed by atoms with Gasteiger partial charge in [-0.15, -0.1) is 0 Å². The van der Waals surface area contributed by atoms with Gasteiger partial charge in [-0.25, -0.2) is 0 Å². The van der Waals surface area contributed by atoms with Crippen LogP contribution in [0, 0.1) is 6.92 Å². The molecule has 3 heteroatoms. The van der Waals surface area contributed by atoms with Crippen LogP contribution in [0.25, 0.3) is 16.6 Å². The zero-order chi connectivity index (χ0) is 17.4. The van der Waals surface area contributed by atoms with E-state index >= 15 is 0 Å². The number of carbonyl (C=O) groups excluding carboxylic acids is 1. The minimum atomic E-state index is -0.0678. The summed E-state index contributed by atoms with van der Waals surface area (Å²) in [6.07, 6.45) is 1.90. The number of phenols is 1. The van der Waals surface area contributed by atoms with Crippen molar-refractivity contribution in [3.8, 4) is 16.9 Å². The zero-order valence-corrected chi connectivity index (χ0v) is 13.8. The van der Waals surface area contributed by atoms with Crippen molar-refractivity contribution in [2.24, 2.45) is 0 Å². The van der Waals surface area contributed by atoms with E-state index in [1.807, 2.05) is 66.1 Å². The van der Waals surface area contributed by atoms with Crippen molar-refractivity contribution in [3.05, 3.63) is 95.8 Å². The molecule has 0 amide bonds. The summed E-state index contributed by atoms with van der Waals surface area (Å²) >= 11 is 0. The van der Waals surface area contributed by atoms with Crippen LogP contribution in [0.1, 0.15) is 21.6 Å². The van der Waals surface area contributed by atoms with E-state index in [1.165, 1.54) is 17.7 Å². The summed E-state index contributed by atoms with van der Waals surface area (Å²) in [6, 6.07) is 22.5. The first-order valence-electron chi connectivity index (χ1n) is 8.14. The van der Waals surface area contributed by atoms with E-state index in [9.17, 15) is 9.90 Å². The third kappa shape index (κ3) is 2.70. The zero-order valence-electron chi connectivity index (χ0n) is 13.8. The summed E-state index contributed by atoms with van der Waals surface area (Å²) in [5.41, 5.74) is 5.25. The molecule has 0 saturated carbocycles. The normalized spacial score (nSPS) is 10.9. The molecule has 4 aromatic rings. The number of ketones is 1.